The number of nitrogens with one attached hydrogen (secondary N) is 2. The van der Waals surface area contributed by atoms with Crippen LogP contribution in [0.3, 0.4) is 0 Å². The van der Waals surface area contributed by atoms with E-state index >= 15 is 0 Å². The smallest absolute Gasteiger partial charge is 0.413 e. The second kappa shape index (κ2) is 5.27. The highest BCUT2D eigenvalue weighted by atomic mass is 32.1. The van der Waals surface area contributed by atoms with Gasteiger partial charge in [0.05, 0.1) is 5.69 Å². The first kappa shape index (κ1) is 12.9. The molecule has 16 heavy (non-hydrogen) atoms. The minimum absolute atomic E-state index is 0.474. The zero-order valence-electron chi connectivity index (χ0n) is 9.96. The number of rotatable bonds is 3. The van der Waals surface area contributed by atoms with Crippen molar-refractivity contribution in [2.45, 2.75) is 32.9 Å². The number of carbonyl (C=O) groups excluding carboxylic acids is 1. The molecule has 5 nitrogen and oxygen atoms in total. The fourth-order valence-corrected chi connectivity index (χ4v) is 1.71. The van der Waals surface area contributed by atoms with Crippen LogP contribution >= 0.6 is 11.3 Å². The molecule has 0 unspecified atom stereocenters. The van der Waals surface area contributed by atoms with Crippen molar-refractivity contribution in [3.8, 4) is 0 Å². The van der Waals surface area contributed by atoms with E-state index in [2.05, 4.69) is 15.6 Å². The number of nitrogens with zero attached hydrogens (tertiary/aromatic N) is 1. The Bertz CT molecular complexity index is 357. The molecule has 0 saturated heterocycles. The summed E-state index contributed by atoms with van der Waals surface area (Å²) in [6, 6.07) is 0. The molecule has 90 valence electrons. The molecule has 0 bridgehead atoms. The van der Waals surface area contributed by atoms with Crippen LogP contribution in [0.5, 0.6) is 0 Å². The molecular weight excluding hydrogens is 226 g/mol. The topological polar surface area (TPSA) is 63.2 Å². The molecule has 0 aliphatic carbocycles. The lowest BCUT2D eigenvalue weighted by molar-refractivity contribution is 0.0636. The summed E-state index contributed by atoms with van der Waals surface area (Å²) < 4.78 is 5.11. The summed E-state index contributed by atoms with van der Waals surface area (Å²) in [5.41, 5.74) is 0.411. The Morgan fingerprint density at radius 2 is 2.25 bits per heavy atom. The van der Waals surface area contributed by atoms with Gasteiger partial charge in [-0.1, -0.05) is 0 Å². The standard InChI is InChI=1S/C10H17N3O2S/c1-10(2,3)15-9(14)13-8-12-7(5-11-4)6-16-8/h6,11H,5H2,1-4H3,(H,12,13,14). The zero-order valence-corrected chi connectivity index (χ0v) is 10.8. The Morgan fingerprint density at radius 1 is 1.56 bits per heavy atom. The summed E-state index contributed by atoms with van der Waals surface area (Å²) in [6.07, 6.45) is -0.474. The largest absolute Gasteiger partial charge is 0.444 e. The van der Waals surface area contributed by atoms with Gasteiger partial charge in [-0.25, -0.2) is 9.78 Å². The SMILES string of the molecule is CNCc1csc(NC(=O)OC(C)(C)C)n1. The number of carbonyl (C=O) groups is 1. The average molecular weight is 243 g/mol. The van der Waals surface area contributed by atoms with Gasteiger partial charge in [-0.15, -0.1) is 11.3 Å². The Hall–Kier alpha value is -1.14. The van der Waals surface area contributed by atoms with Gasteiger partial charge in [-0.3, -0.25) is 5.32 Å². The minimum Gasteiger partial charge on any atom is -0.444 e. The molecule has 0 saturated carbocycles. The number of thiazole rings is 1. The van der Waals surface area contributed by atoms with Gasteiger partial charge in [0.1, 0.15) is 5.60 Å². The van der Waals surface area contributed by atoms with Crippen LogP contribution in [0.1, 0.15) is 26.5 Å². The molecular formula is C10H17N3O2S. The van der Waals surface area contributed by atoms with Gasteiger partial charge in [0, 0.05) is 11.9 Å². The highest BCUT2D eigenvalue weighted by Crippen LogP contribution is 2.16. The molecule has 1 rings (SSSR count). The highest BCUT2D eigenvalue weighted by Gasteiger charge is 2.17. The van der Waals surface area contributed by atoms with E-state index in [4.69, 9.17) is 4.74 Å². The lowest BCUT2D eigenvalue weighted by Crippen LogP contribution is -2.27. The summed E-state index contributed by atoms with van der Waals surface area (Å²) in [5, 5.41) is 8.03. The van der Waals surface area contributed by atoms with Crippen molar-refractivity contribution in [3.63, 3.8) is 0 Å². The quantitative estimate of drug-likeness (QED) is 0.854. The fourth-order valence-electron chi connectivity index (χ4n) is 1.02. The molecule has 1 aromatic rings. The molecule has 1 aromatic heterocycles. The van der Waals surface area contributed by atoms with E-state index in [1.807, 2.05) is 33.2 Å². The van der Waals surface area contributed by atoms with Crippen molar-refractivity contribution in [2.24, 2.45) is 0 Å². The van der Waals surface area contributed by atoms with E-state index in [1.165, 1.54) is 11.3 Å². The molecule has 2 N–H and O–H groups in total. The molecule has 1 amide bonds. The first-order valence-electron chi connectivity index (χ1n) is 5.00. The van der Waals surface area contributed by atoms with Crippen LogP contribution in [-0.2, 0) is 11.3 Å². The first-order valence-corrected chi connectivity index (χ1v) is 5.87. The van der Waals surface area contributed by atoms with Crippen molar-refractivity contribution in [2.75, 3.05) is 12.4 Å². The Balaban J connectivity index is 2.50. The lowest BCUT2D eigenvalue weighted by atomic mass is 10.2. The van der Waals surface area contributed by atoms with E-state index in [0.717, 1.165) is 5.69 Å². The molecule has 0 aromatic carbocycles. The van der Waals surface area contributed by atoms with E-state index in [0.29, 0.717) is 11.7 Å². The summed E-state index contributed by atoms with van der Waals surface area (Å²) in [5.74, 6) is 0. The van der Waals surface area contributed by atoms with Gasteiger partial charge in [0.25, 0.3) is 0 Å². The third kappa shape index (κ3) is 4.59. The summed E-state index contributed by atoms with van der Waals surface area (Å²) in [6.45, 7) is 6.15. The van der Waals surface area contributed by atoms with Crippen LogP contribution < -0.4 is 10.6 Å². The summed E-state index contributed by atoms with van der Waals surface area (Å²) in [7, 11) is 1.85. The maximum absolute atomic E-state index is 11.4. The second-order valence-corrected chi connectivity index (χ2v) is 5.16. The van der Waals surface area contributed by atoms with Crippen LogP contribution in [0.2, 0.25) is 0 Å². The molecule has 1 heterocycles. The van der Waals surface area contributed by atoms with Gasteiger partial charge >= 0.3 is 6.09 Å². The van der Waals surface area contributed by atoms with E-state index in [1.54, 1.807) is 0 Å². The molecule has 0 aliphatic rings. The number of anilines is 1. The first-order chi connectivity index (χ1) is 7.40. The van der Waals surface area contributed by atoms with Crippen LogP contribution in [0, 0.1) is 0 Å². The molecule has 0 atom stereocenters. The number of amides is 1. The van der Waals surface area contributed by atoms with Crippen LogP contribution in [0.25, 0.3) is 0 Å². The zero-order chi connectivity index (χ0) is 12.2. The van der Waals surface area contributed by atoms with E-state index < -0.39 is 11.7 Å². The van der Waals surface area contributed by atoms with Crippen molar-refractivity contribution in [3.05, 3.63) is 11.1 Å². The van der Waals surface area contributed by atoms with Crippen LogP contribution in [0.4, 0.5) is 9.93 Å². The molecule has 0 fully saturated rings. The highest BCUT2D eigenvalue weighted by molar-refractivity contribution is 7.13. The molecule has 0 spiro atoms. The van der Waals surface area contributed by atoms with Gasteiger partial charge in [-0.05, 0) is 27.8 Å². The summed E-state index contributed by atoms with van der Waals surface area (Å²) in [4.78, 5) is 15.6. The third-order valence-electron chi connectivity index (χ3n) is 1.52. The summed E-state index contributed by atoms with van der Waals surface area (Å²) >= 11 is 1.38. The number of aromatic nitrogens is 1. The van der Waals surface area contributed by atoms with Crippen LogP contribution in [0.15, 0.2) is 5.38 Å². The molecule has 0 radical (unpaired) electrons. The average Bonchev–Trinajstić information content (AvgIpc) is 2.49. The van der Waals surface area contributed by atoms with Gasteiger partial charge in [0.15, 0.2) is 5.13 Å². The minimum atomic E-state index is -0.491. The van der Waals surface area contributed by atoms with Crippen molar-refractivity contribution in [1.82, 2.24) is 10.3 Å². The maximum Gasteiger partial charge on any atom is 0.413 e. The Kier molecular flexibility index (Phi) is 4.26. The van der Waals surface area contributed by atoms with Gasteiger partial charge in [-0.2, -0.15) is 0 Å². The number of hydrogen-bond acceptors (Lipinski definition) is 5. The van der Waals surface area contributed by atoms with Gasteiger partial charge in [0.2, 0.25) is 0 Å². The Morgan fingerprint density at radius 3 is 2.81 bits per heavy atom. The normalized spacial score (nSPS) is 11.2. The van der Waals surface area contributed by atoms with E-state index in [9.17, 15) is 4.79 Å². The lowest BCUT2D eigenvalue weighted by Gasteiger charge is -2.18. The monoisotopic (exact) mass is 243 g/mol. The number of hydrogen-bond donors (Lipinski definition) is 2. The molecule has 6 heteroatoms. The van der Waals surface area contributed by atoms with Crippen LogP contribution in [-0.4, -0.2) is 23.7 Å². The predicted octanol–water partition coefficient (Wildman–Crippen LogP) is 2.21. The van der Waals surface area contributed by atoms with Crippen molar-refractivity contribution < 1.29 is 9.53 Å². The fraction of sp³-hybridized carbons (Fsp3) is 0.600. The molecule has 0 aliphatic heterocycles. The van der Waals surface area contributed by atoms with Crippen molar-refractivity contribution in [1.29, 1.82) is 0 Å². The number of ether oxygens (including phenoxy) is 1. The van der Waals surface area contributed by atoms with E-state index in [-0.39, 0.29) is 0 Å². The van der Waals surface area contributed by atoms with Crippen molar-refractivity contribution >= 4 is 22.6 Å². The maximum atomic E-state index is 11.4. The Labute approximate surface area is 99.2 Å². The van der Waals surface area contributed by atoms with Gasteiger partial charge < -0.3 is 10.1 Å². The third-order valence-corrected chi connectivity index (χ3v) is 2.32. The predicted molar refractivity (Wildman–Crippen MR) is 64.7 cm³/mol. The second-order valence-electron chi connectivity index (χ2n) is 4.30.